The molecule has 0 atom stereocenters. The van der Waals surface area contributed by atoms with Crippen molar-refractivity contribution < 1.29 is 13.2 Å². The van der Waals surface area contributed by atoms with Gasteiger partial charge < -0.3 is 4.74 Å². The topological polar surface area (TPSA) is 97.0 Å². The van der Waals surface area contributed by atoms with E-state index in [1.165, 1.54) is 13.2 Å². The van der Waals surface area contributed by atoms with E-state index in [2.05, 4.69) is 35.8 Å². The lowest BCUT2D eigenvalue weighted by atomic mass is 10.4. The highest BCUT2D eigenvalue weighted by molar-refractivity contribution is 9.10. The summed E-state index contributed by atoms with van der Waals surface area (Å²) in [5.41, 5.74) is 0. The van der Waals surface area contributed by atoms with Gasteiger partial charge in [0, 0.05) is 4.47 Å². The molecule has 0 saturated carbocycles. The van der Waals surface area contributed by atoms with Gasteiger partial charge in [0.1, 0.15) is 4.90 Å². The van der Waals surface area contributed by atoms with Crippen LogP contribution in [0.25, 0.3) is 0 Å². The average molecular weight is 333 g/mol. The van der Waals surface area contributed by atoms with Crippen LogP contribution in [0.15, 0.2) is 33.6 Å². The fourth-order valence-corrected chi connectivity index (χ4v) is 3.19. The standard InChI is InChI=1S/C9H9BrN4O3S/c1-17-9-11-8(12-13-9)14-18(15,16)7-5-3-2-4-6(7)10/h2-5H,1H3,(H2,11,12,13,14). The first-order valence-corrected chi connectivity index (χ1v) is 7.04. The van der Waals surface area contributed by atoms with Gasteiger partial charge in [-0.2, -0.15) is 4.98 Å². The zero-order valence-corrected chi connectivity index (χ0v) is 11.6. The Morgan fingerprint density at radius 3 is 2.72 bits per heavy atom. The number of halogens is 1. The Bertz CT molecular complexity index is 655. The van der Waals surface area contributed by atoms with Crippen molar-refractivity contribution in [3.63, 3.8) is 0 Å². The van der Waals surface area contributed by atoms with Crippen LogP contribution in [0.5, 0.6) is 6.01 Å². The number of aromatic amines is 1. The lowest BCUT2D eigenvalue weighted by molar-refractivity contribution is 0.382. The van der Waals surface area contributed by atoms with E-state index in [0.717, 1.165) is 0 Å². The van der Waals surface area contributed by atoms with Crippen LogP contribution in [0.2, 0.25) is 0 Å². The summed E-state index contributed by atoms with van der Waals surface area (Å²) in [6.45, 7) is 0. The van der Waals surface area contributed by atoms with E-state index in [4.69, 9.17) is 4.74 Å². The highest BCUT2D eigenvalue weighted by atomic mass is 79.9. The summed E-state index contributed by atoms with van der Waals surface area (Å²) in [6.07, 6.45) is 0. The van der Waals surface area contributed by atoms with Crippen LogP contribution >= 0.6 is 15.9 Å². The minimum atomic E-state index is -3.73. The van der Waals surface area contributed by atoms with Gasteiger partial charge in [-0.05, 0) is 28.1 Å². The molecule has 1 heterocycles. The third-order valence-corrected chi connectivity index (χ3v) is 4.36. The smallest absolute Gasteiger partial charge is 0.336 e. The van der Waals surface area contributed by atoms with Crippen LogP contribution in [-0.4, -0.2) is 30.7 Å². The second-order valence-electron chi connectivity index (χ2n) is 3.21. The number of hydrogen-bond donors (Lipinski definition) is 2. The van der Waals surface area contributed by atoms with Gasteiger partial charge in [0.2, 0.25) is 5.95 Å². The van der Waals surface area contributed by atoms with Crippen molar-refractivity contribution in [2.45, 2.75) is 4.90 Å². The number of benzene rings is 1. The lowest BCUT2D eigenvalue weighted by Gasteiger charge is -2.06. The number of nitrogens with one attached hydrogen (secondary N) is 2. The van der Waals surface area contributed by atoms with Gasteiger partial charge in [-0.3, -0.25) is 0 Å². The molecule has 0 fully saturated rings. The summed E-state index contributed by atoms with van der Waals surface area (Å²) < 4.78 is 31.6. The van der Waals surface area contributed by atoms with Crippen molar-refractivity contribution in [1.29, 1.82) is 0 Å². The van der Waals surface area contributed by atoms with Gasteiger partial charge in [0.15, 0.2) is 0 Å². The van der Waals surface area contributed by atoms with Crippen LogP contribution < -0.4 is 9.46 Å². The predicted octanol–water partition coefficient (Wildman–Crippen LogP) is 1.38. The average Bonchev–Trinajstić information content (AvgIpc) is 2.76. The molecular weight excluding hydrogens is 324 g/mol. The first-order valence-electron chi connectivity index (χ1n) is 4.76. The summed E-state index contributed by atoms with van der Waals surface area (Å²) in [5.74, 6) is -0.0115. The second-order valence-corrected chi connectivity index (χ2v) is 5.71. The Morgan fingerprint density at radius 1 is 1.39 bits per heavy atom. The molecule has 0 saturated heterocycles. The van der Waals surface area contributed by atoms with Crippen LogP contribution in [0.1, 0.15) is 0 Å². The molecule has 2 N–H and O–H groups in total. The Hall–Kier alpha value is -1.61. The second kappa shape index (κ2) is 4.94. The fourth-order valence-electron chi connectivity index (χ4n) is 1.23. The molecule has 0 bridgehead atoms. The van der Waals surface area contributed by atoms with E-state index in [-0.39, 0.29) is 16.9 Å². The zero-order chi connectivity index (χ0) is 13.2. The number of anilines is 1. The predicted molar refractivity (Wildman–Crippen MR) is 67.9 cm³/mol. The zero-order valence-electron chi connectivity index (χ0n) is 9.21. The quantitative estimate of drug-likeness (QED) is 0.881. The van der Waals surface area contributed by atoms with Gasteiger partial charge in [0.05, 0.1) is 7.11 Å². The minimum Gasteiger partial charge on any atom is -0.466 e. The summed E-state index contributed by atoms with van der Waals surface area (Å²) in [4.78, 5) is 3.89. The summed E-state index contributed by atoms with van der Waals surface area (Å²) >= 11 is 3.17. The molecule has 0 spiro atoms. The highest BCUT2D eigenvalue weighted by Gasteiger charge is 2.19. The number of H-pyrrole nitrogens is 1. The number of hydrogen-bond acceptors (Lipinski definition) is 5. The molecule has 2 aromatic rings. The van der Waals surface area contributed by atoms with Crippen molar-refractivity contribution in [3.8, 4) is 6.01 Å². The molecule has 9 heteroatoms. The molecule has 2 rings (SSSR count). The Kier molecular flexibility index (Phi) is 3.53. The SMILES string of the molecule is COc1n[nH]c(NS(=O)(=O)c2ccccc2Br)n1. The van der Waals surface area contributed by atoms with Gasteiger partial charge in [-0.1, -0.05) is 12.1 Å². The van der Waals surface area contributed by atoms with Gasteiger partial charge in [0.25, 0.3) is 10.0 Å². The van der Waals surface area contributed by atoms with Crippen LogP contribution in [0.3, 0.4) is 0 Å². The fraction of sp³-hybridized carbons (Fsp3) is 0.111. The van der Waals surface area contributed by atoms with Gasteiger partial charge in [-0.25, -0.2) is 18.2 Å². The molecule has 1 aromatic heterocycles. The monoisotopic (exact) mass is 332 g/mol. The van der Waals surface area contributed by atoms with Gasteiger partial charge in [-0.15, -0.1) is 5.10 Å². The highest BCUT2D eigenvalue weighted by Crippen LogP contribution is 2.22. The molecule has 0 aliphatic rings. The number of methoxy groups -OCH3 is 1. The molecule has 1 aromatic carbocycles. The van der Waals surface area contributed by atoms with Gasteiger partial charge >= 0.3 is 6.01 Å². The van der Waals surface area contributed by atoms with Crippen molar-refractivity contribution in [2.24, 2.45) is 0 Å². The summed E-state index contributed by atoms with van der Waals surface area (Å²) in [6, 6.07) is 6.51. The summed E-state index contributed by atoms with van der Waals surface area (Å²) in [5, 5.41) is 6.05. The summed E-state index contributed by atoms with van der Waals surface area (Å²) in [7, 11) is -2.34. The number of aromatic nitrogens is 3. The number of rotatable bonds is 4. The van der Waals surface area contributed by atoms with Crippen molar-refractivity contribution in [3.05, 3.63) is 28.7 Å². The van der Waals surface area contributed by atoms with Crippen molar-refractivity contribution in [2.75, 3.05) is 11.8 Å². The lowest BCUT2D eigenvalue weighted by Crippen LogP contribution is -2.14. The largest absolute Gasteiger partial charge is 0.466 e. The molecule has 0 radical (unpaired) electrons. The number of ether oxygens (including phenoxy) is 1. The van der Waals surface area contributed by atoms with E-state index in [9.17, 15) is 8.42 Å². The number of sulfonamides is 1. The van der Waals surface area contributed by atoms with Crippen LogP contribution in [0.4, 0.5) is 5.95 Å². The van der Waals surface area contributed by atoms with E-state index in [1.807, 2.05) is 0 Å². The molecule has 18 heavy (non-hydrogen) atoms. The number of nitrogens with zero attached hydrogens (tertiary/aromatic N) is 2. The molecular formula is C9H9BrN4O3S. The van der Waals surface area contributed by atoms with E-state index in [1.54, 1.807) is 18.2 Å². The van der Waals surface area contributed by atoms with Crippen molar-refractivity contribution >= 4 is 31.9 Å². The Labute approximate surface area is 112 Å². The molecule has 0 unspecified atom stereocenters. The van der Waals surface area contributed by atoms with E-state index >= 15 is 0 Å². The molecule has 0 aliphatic heterocycles. The maximum atomic E-state index is 12.1. The van der Waals surface area contributed by atoms with Crippen molar-refractivity contribution in [1.82, 2.24) is 15.2 Å². The maximum absolute atomic E-state index is 12.1. The first-order chi connectivity index (χ1) is 8.53. The minimum absolute atomic E-state index is 0.0115. The Balaban J connectivity index is 2.30. The maximum Gasteiger partial charge on any atom is 0.336 e. The van der Waals surface area contributed by atoms with Crippen LogP contribution in [-0.2, 0) is 10.0 Å². The normalized spacial score (nSPS) is 11.2. The third-order valence-electron chi connectivity index (χ3n) is 2.00. The Morgan fingerprint density at radius 2 is 2.11 bits per heavy atom. The van der Waals surface area contributed by atoms with E-state index in [0.29, 0.717) is 4.47 Å². The van der Waals surface area contributed by atoms with E-state index < -0.39 is 10.0 Å². The third kappa shape index (κ3) is 2.62. The first kappa shape index (κ1) is 12.8. The molecule has 96 valence electrons. The molecule has 0 amide bonds. The molecule has 7 nitrogen and oxygen atoms in total. The van der Waals surface area contributed by atoms with Crippen LogP contribution in [0, 0.1) is 0 Å². The molecule has 0 aliphatic carbocycles.